The average Bonchev–Trinajstić information content (AvgIpc) is 2.18. The van der Waals surface area contributed by atoms with Crippen LogP contribution in [0.4, 0.5) is 0 Å². The van der Waals surface area contributed by atoms with Crippen molar-refractivity contribution in [3.8, 4) is 0 Å². The summed E-state index contributed by atoms with van der Waals surface area (Å²) in [6, 6.07) is 0. The van der Waals surface area contributed by atoms with Crippen molar-refractivity contribution >= 4 is 11.6 Å². The highest BCUT2D eigenvalue weighted by atomic mass is 16.2. The second kappa shape index (κ2) is 2.86. The summed E-state index contributed by atoms with van der Waals surface area (Å²) in [6.07, 6.45) is 0.709. The van der Waals surface area contributed by atoms with E-state index in [1.165, 1.54) is 0 Å². The SMILES string of the molecule is C=C(C)C[C@@H]1C(=O)NN=C1C. The van der Waals surface area contributed by atoms with E-state index in [9.17, 15) is 4.79 Å². The molecule has 1 amide bonds. The van der Waals surface area contributed by atoms with Crippen LogP contribution in [0.25, 0.3) is 0 Å². The molecule has 11 heavy (non-hydrogen) atoms. The molecule has 1 heterocycles. The molecule has 0 fully saturated rings. The highest BCUT2D eigenvalue weighted by Gasteiger charge is 2.26. The molecular weight excluding hydrogens is 140 g/mol. The van der Waals surface area contributed by atoms with Crippen LogP contribution in [0.5, 0.6) is 0 Å². The van der Waals surface area contributed by atoms with Gasteiger partial charge in [-0.05, 0) is 20.3 Å². The van der Waals surface area contributed by atoms with E-state index in [0.29, 0.717) is 6.42 Å². The van der Waals surface area contributed by atoms with Crippen LogP contribution >= 0.6 is 0 Å². The first kappa shape index (κ1) is 7.98. The van der Waals surface area contributed by atoms with Crippen molar-refractivity contribution in [2.24, 2.45) is 11.0 Å². The van der Waals surface area contributed by atoms with Crippen LogP contribution in [0, 0.1) is 5.92 Å². The lowest BCUT2D eigenvalue weighted by Crippen LogP contribution is -2.22. The van der Waals surface area contributed by atoms with Gasteiger partial charge in [0.15, 0.2) is 0 Å². The molecule has 3 nitrogen and oxygen atoms in total. The van der Waals surface area contributed by atoms with Gasteiger partial charge in [0.05, 0.1) is 5.92 Å². The smallest absolute Gasteiger partial charge is 0.249 e. The highest BCUT2D eigenvalue weighted by molar-refractivity contribution is 6.07. The van der Waals surface area contributed by atoms with Gasteiger partial charge in [0.1, 0.15) is 0 Å². The molecule has 1 atom stereocenters. The molecule has 0 saturated heterocycles. The summed E-state index contributed by atoms with van der Waals surface area (Å²) >= 11 is 0. The number of carbonyl (C=O) groups excluding carboxylic acids is 1. The van der Waals surface area contributed by atoms with Crippen LogP contribution in [0.3, 0.4) is 0 Å². The number of hydrogen-bond acceptors (Lipinski definition) is 2. The van der Waals surface area contributed by atoms with Gasteiger partial charge in [-0.2, -0.15) is 5.10 Å². The Morgan fingerprint density at radius 3 is 2.82 bits per heavy atom. The van der Waals surface area contributed by atoms with Gasteiger partial charge in [0.2, 0.25) is 5.91 Å². The van der Waals surface area contributed by atoms with E-state index in [-0.39, 0.29) is 11.8 Å². The van der Waals surface area contributed by atoms with Crippen molar-refractivity contribution in [2.45, 2.75) is 20.3 Å². The summed E-state index contributed by atoms with van der Waals surface area (Å²) in [5.41, 5.74) is 4.31. The van der Waals surface area contributed by atoms with Crippen LogP contribution in [0.15, 0.2) is 17.3 Å². The third kappa shape index (κ3) is 1.67. The van der Waals surface area contributed by atoms with Crippen molar-refractivity contribution < 1.29 is 4.79 Å². The maximum Gasteiger partial charge on any atom is 0.249 e. The summed E-state index contributed by atoms with van der Waals surface area (Å²) in [6.45, 7) is 7.52. The fourth-order valence-corrected chi connectivity index (χ4v) is 1.08. The quantitative estimate of drug-likeness (QED) is 0.591. The maximum absolute atomic E-state index is 11.1. The normalized spacial score (nSPS) is 22.9. The molecule has 0 aliphatic carbocycles. The topological polar surface area (TPSA) is 41.5 Å². The number of nitrogens with one attached hydrogen (secondary N) is 1. The zero-order chi connectivity index (χ0) is 8.43. The summed E-state index contributed by atoms with van der Waals surface area (Å²) < 4.78 is 0. The number of rotatable bonds is 2. The molecular formula is C8H12N2O. The van der Waals surface area contributed by atoms with Crippen molar-refractivity contribution in [1.82, 2.24) is 5.43 Å². The summed E-state index contributed by atoms with van der Waals surface area (Å²) in [7, 11) is 0. The van der Waals surface area contributed by atoms with Crippen LogP contribution in [-0.4, -0.2) is 11.6 Å². The lowest BCUT2D eigenvalue weighted by molar-refractivity contribution is -0.122. The fraction of sp³-hybridized carbons (Fsp3) is 0.500. The third-order valence-electron chi connectivity index (χ3n) is 1.72. The average molecular weight is 152 g/mol. The minimum atomic E-state index is -0.0764. The molecule has 1 N–H and O–H groups in total. The van der Waals surface area contributed by atoms with E-state index < -0.39 is 0 Å². The van der Waals surface area contributed by atoms with Gasteiger partial charge in [-0.3, -0.25) is 4.79 Å². The maximum atomic E-state index is 11.1. The monoisotopic (exact) mass is 152 g/mol. The Morgan fingerprint density at radius 2 is 2.45 bits per heavy atom. The van der Waals surface area contributed by atoms with Crippen molar-refractivity contribution in [2.75, 3.05) is 0 Å². The summed E-state index contributed by atoms with van der Waals surface area (Å²) in [4.78, 5) is 11.1. The van der Waals surface area contributed by atoms with Crippen LogP contribution in [0.1, 0.15) is 20.3 Å². The molecule has 3 heteroatoms. The highest BCUT2D eigenvalue weighted by Crippen LogP contribution is 2.15. The predicted molar refractivity (Wildman–Crippen MR) is 44.2 cm³/mol. The Labute approximate surface area is 66.2 Å². The molecule has 0 aromatic carbocycles. The van der Waals surface area contributed by atoms with Crippen LogP contribution in [-0.2, 0) is 4.79 Å². The Hall–Kier alpha value is -1.12. The molecule has 1 aliphatic heterocycles. The first-order valence-electron chi connectivity index (χ1n) is 3.59. The molecule has 0 aromatic rings. The minimum absolute atomic E-state index is 0.00880. The second-order valence-electron chi connectivity index (χ2n) is 2.94. The Balaban J connectivity index is 2.63. The number of allylic oxidation sites excluding steroid dienone is 1. The first-order chi connectivity index (χ1) is 5.11. The van der Waals surface area contributed by atoms with Crippen molar-refractivity contribution in [3.63, 3.8) is 0 Å². The zero-order valence-electron chi connectivity index (χ0n) is 6.85. The van der Waals surface area contributed by atoms with Gasteiger partial charge in [-0.15, -0.1) is 6.58 Å². The van der Waals surface area contributed by atoms with Crippen molar-refractivity contribution in [3.05, 3.63) is 12.2 Å². The van der Waals surface area contributed by atoms with Crippen LogP contribution < -0.4 is 5.43 Å². The molecule has 60 valence electrons. The summed E-state index contributed by atoms with van der Waals surface area (Å²) in [5.74, 6) is -0.0852. The predicted octanol–water partition coefficient (Wildman–Crippen LogP) is 1.07. The standard InChI is InChI=1S/C8H12N2O/c1-5(2)4-7-6(3)9-10-8(7)11/h7H,1,4H2,2-3H3,(H,10,11)/t7-/m0/s1. The Morgan fingerprint density at radius 1 is 1.82 bits per heavy atom. The van der Waals surface area contributed by atoms with E-state index in [4.69, 9.17) is 0 Å². The van der Waals surface area contributed by atoms with E-state index in [1.54, 1.807) is 0 Å². The minimum Gasteiger partial charge on any atom is -0.272 e. The lowest BCUT2D eigenvalue weighted by Gasteiger charge is -2.05. The molecule has 0 saturated carbocycles. The van der Waals surface area contributed by atoms with E-state index in [2.05, 4.69) is 17.1 Å². The molecule has 0 spiro atoms. The van der Waals surface area contributed by atoms with Gasteiger partial charge in [0.25, 0.3) is 0 Å². The number of hydrogen-bond donors (Lipinski definition) is 1. The van der Waals surface area contributed by atoms with Gasteiger partial charge in [-0.25, -0.2) is 5.43 Å². The van der Waals surface area contributed by atoms with Gasteiger partial charge < -0.3 is 0 Å². The number of nitrogens with zero attached hydrogens (tertiary/aromatic N) is 1. The molecule has 1 rings (SSSR count). The van der Waals surface area contributed by atoms with Gasteiger partial charge in [-0.1, -0.05) is 5.57 Å². The van der Waals surface area contributed by atoms with E-state index in [0.717, 1.165) is 11.3 Å². The molecule has 0 unspecified atom stereocenters. The van der Waals surface area contributed by atoms with E-state index in [1.807, 2.05) is 13.8 Å². The Bertz CT molecular complexity index is 230. The van der Waals surface area contributed by atoms with Crippen LogP contribution in [0.2, 0.25) is 0 Å². The summed E-state index contributed by atoms with van der Waals surface area (Å²) in [5, 5.41) is 3.83. The molecule has 0 aromatic heterocycles. The number of amides is 1. The number of carbonyl (C=O) groups is 1. The molecule has 1 aliphatic rings. The zero-order valence-corrected chi connectivity index (χ0v) is 6.85. The Kier molecular flexibility index (Phi) is 2.08. The third-order valence-corrected chi connectivity index (χ3v) is 1.72. The van der Waals surface area contributed by atoms with Gasteiger partial charge in [0, 0.05) is 5.71 Å². The molecule has 0 bridgehead atoms. The second-order valence-corrected chi connectivity index (χ2v) is 2.94. The number of hydrazone groups is 1. The van der Waals surface area contributed by atoms with E-state index >= 15 is 0 Å². The lowest BCUT2D eigenvalue weighted by atomic mass is 9.97. The molecule has 0 radical (unpaired) electrons. The fourth-order valence-electron chi connectivity index (χ4n) is 1.08. The first-order valence-corrected chi connectivity index (χ1v) is 3.59. The largest absolute Gasteiger partial charge is 0.272 e. The van der Waals surface area contributed by atoms with Crippen molar-refractivity contribution in [1.29, 1.82) is 0 Å². The van der Waals surface area contributed by atoms with Gasteiger partial charge >= 0.3 is 0 Å².